The highest BCUT2D eigenvalue weighted by Crippen LogP contribution is 2.41. The molecule has 10 nitrogen and oxygen atoms in total. The molecule has 7 rings (SSSR count). The maximum absolute atomic E-state index is 12.9. The van der Waals surface area contributed by atoms with Crippen LogP contribution < -0.4 is 20.1 Å². The van der Waals surface area contributed by atoms with Crippen molar-refractivity contribution in [1.29, 1.82) is 0 Å². The van der Waals surface area contributed by atoms with Gasteiger partial charge in [0.25, 0.3) is 5.91 Å². The lowest BCUT2D eigenvalue weighted by Gasteiger charge is -2.19. The fraction of sp³-hybridized carbons (Fsp3) is 0.394. The third-order valence-electron chi connectivity index (χ3n) is 8.61. The van der Waals surface area contributed by atoms with E-state index >= 15 is 0 Å². The van der Waals surface area contributed by atoms with Gasteiger partial charge in [0.15, 0.2) is 11.5 Å². The molecule has 3 N–H and O–H groups in total. The number of anilines is 2. The summed E-state index contributed by atoms with van der Waals surface area (Å²) in [5.41, 5.74) is 6.45. The van der Waals surface area contributed by atoms with Crippen LogP contribution in [0.3, 0.4) is 0 Å². The molecule has 0 bridgehead atoms. The van der Waals surface area contributed by atoms with E-state index < -0.39 is 6.10 Å². The van der Waals surface area contributed by atoms with Gasteiger partial charge in [0, 0.05) is 18.9 Å². The van der Waals surface area contributed by atoms with Gasteiger partial charge in [0.1, 0.15) is 17.4 Å². The Balaban J connectivity index is 1.18. The molecule has 2 aromatic heterocycles. The number of allylic oxidation sites excluding steroid dienone is 1. The summed E-state index contributed by atoms with van der Waals surface area (Å²) in [7, 11) is 1.56. The van der Waals surface area contributed by atoms with Crippen molar-refractivity contribution in [3.8, 4) is 11.6 Å². The lowest BCUT2D eigenvalue weighted by atomic mass is 10.0. The second kappa shape index (κ2) is 11.3. The fourth-order valence-corrected chi connectivity index (χ4v) is 6.39. The molecule has 2 atom stereocenters. The molecule has 3 aliphatic rings. The topological polar surface area (TPSA) is 132 Å². The quantitative estimate of drug-likeness (QED) is 0.242. The Labute approximate surface area is 249 Å². The van der Waals surface area contributed by atoms with E-state index in [0.717, 1.165) is 72.0 Å². The highest BCUT2D eigenvalue weighted by Gasteiger charge is 2.29. The van der Waals surface area contributed by atoms with E-state index in [-0.39, 0.29) is 18.1 Å². The summed E-state index contributed by atoms with van der Waals surface area (Å²) in [6.45, 7) is 1.85. The zero-order valence-corrected chi connectivity index (χ0v) is 24.4. The molecule has 1 amide bonds. The number of rotatable bonds is 8. The zero-order valence-electron chi connectivity index (χ0n) is 24.4. The predicted octanol–water partition coefficient (Wildman–Crippen LogP) is 5.63. The minimum absolute atomic E-state index is 0.110. The van der Waals surface area contributed by atoms with Crippen molar-refractivity contribution in [1.82, 2.24) is 20.3 Å². The van der Waals surface area contributed by atoms with E-state index in [4.69, 9.17) is 23.9 Å². The first kappa shape index (κ1) is 27.4. The molecule has 3 aliphatic carbocycles. The summed E-state index contributed by atoms with van der Waals surface area (Å²) in [6, 6.07) is 11.0. The number of carbonyl (C=O) groups is 1. The van der Waals surface area contributed by atoms with E-state index in [1.54, 1.807) is 25.3 Å². The highest BCUT2D eigenvalue weighted by molar-refractivity contribution is 5.96. The maximum Gasteiger partial charge on any atom is 0.251 e. The standard InChI is InChI=1S/C33H35N5O5/c1-18-34-25-13-10-19(16-29(25)42-18)22-12-15-26-30(22)32(43-21-6-3-4-7-21)38-33(37-26)36-24-14-11-20(17-28(24)41-2)31(40)35-23-8-5-9-27(23)39/h10-14,16-17,21,23,27,39H,3-9,15H2,1-2H3,(H,35,40)(H,36,37,38)/t23-,27+/m1/s1. The number of nitrogens with zero attached hydrogens (tertiary/aromatic N) is 3. The number of nitrogens with one attached hydrogen (secondary N) is 2. The smallest absolute Gasteiger partial charge is 0.251 e. The summed E-state index contributed by atoms with van der Waals surface area (Å²) in [4.78, 5) is 27.1. The van der Waals surface area contributed by atoms with Gasteiger partial charge in [-0.25, -0.2) is 9.97 Å². The minimum atomic E-state index is -0.506. The summed E-state index contributed by atoms with van der Waals surface area (Å²) >= 11 is 0. The molecule has 0 radical (unpaired) electrons. The van der Waals surface area contributed by atoms with Gasteiger partial charge in [-0.1, -0.05) is 12.1 Å². The molecule has 43 heavy (non-hydrogen) atoms. The van der Waals surface area contributed by atoms with Crippen molar-refractivity contribution in [2.75, 3.05) is 12.4 Å². The minimum Gasteiger partial charge on any atom is -0.495 e. The molecule has 2 saturated carbocycles. The molecule has 2 fully saturated rings. The van der Waals surface area contributed by atoms with Crippen LogP contribution in [-0.4, -0.2) is 51.3 Å². The Morgan fingerprint density at radius 2 is 1.88 bits per heavy atom. The molecule has 2 aromatic carbocycles. The number of hydrogen-bond donors (Lipinski definition) is 3. The number of methoxy groups -OCH3 is 1. The van der Waals surface area contributed by atoms with Crippen LogP contribution in [0.2, 0.25) is 0 Å². The second-order valence-corrected chi connectivity index (χ2v) is 11.6. The van der Waals surface area contributed by atoms with Crippen LogP contribution in [0.4, 0.5) is 11.6 Å². The number of aliphatic hydroxyl groups excluding tert-OH is 1. The van der Waals surface area contributed by atoms with Crippen LogP contribution in [0.15, 0.2) is 46.9 Å². The maximum atomic E-state index is 12.9. The van der Waals surface area contributed by atoms with Crippen LogP contribution in [0.25, 0.3) is 16.7 Å². The molecule has 4 aromatic rings. The van der Waals surface area contributed by atoms with Crippen LogP contribution in [0, 0.1) is 6.92 Å². The van der Waals surface area contributed by atoms with Crippen molar-refractivity contribution in [3.05, 3.63) is 70.7 Å². The Hall–Kier alpha value is -4.44. The summed E-state index contributed by atoms with van der Waals surface area (Å²) < 4.78 is 18.0. The van der Waals surface area contributed by atoms with Gasteiger partial charge >= 0.3 is 0 Å². The first-order chi connectivity index (χ1) is 20.9. The summed E-state index contributed by atoms with van der Waals surface area (Å²) in [5.74, 6) is 1.83. The van der Waals surface area contributed by atoms with E-state index in [9.17, 15) is 9.90 Å². The third-order valence-corrected chi connectivity index (χ3v) is 8.61. The van der Waals surface area contributed by atoms with Gasteiger partial charge in [0.2, 0.25) is 11.8 Å². The summed E-state index contributed by atoms with van der Waals surface area (Å²) in [5, 5.41) is 16.4. The van der Waals surface area contributed by atoms with Gasteiger partial charge in [-0.3, -0.25) is 4.79 Å². The van der Waals surface area contributed by atoms with Gasteiger partial charge in [-0.2, -0.15) is 4.98 Å². The van der Waals surface area contributed by atoms with E-state index in [0.29, 0.717) is 47.6 Å². The second-order valence-electron chi connectivity index (χ2n) is 11.6. The molecule has 2 heterocycles. The van der Waals surface area contributed by atoms with Crippen molar-refractivity contribution < 1.29 is 23.8 Å². The number of aryl methyl sites for hydroxylation is 1. The fourth-order valence-electron chi connectivity index (χ4n) is 6.39. The first-order valence-electron chi connectivity index (χ1n) is 15.0. The Morgan fingerprint density at radius 3 is 2.67 bits per heavy atom. The Bertz CT molecular complexity index is 1720. The van der Waals surface area contributed by atoms with E-state index in [1.807, 2.05) is 25.1 Å². The number of aromatic nitrogens is 3. The average Bonchev–Trinajstić information content (AvgIpc) is 3.81. The van der Waals surface area contributed by atoms with Gasteiger partial charge in [0.05, 0.1) is 36.2 Å². The zero-order chi connectivity index (χ0) is 29.5. The number of benzene rings is 2. The van der Waals surface area contributed by atoms with Crippen molar-refractivity contribution in [2.24, 2.45) is 0 Å². The van der Waals surface area contributed by atoms with Crippen LogP contribution >= 0.6 is 0 Å². The number of ether oxygens (including phenoxy) is 2. The van der Waals surface area contributed by atoms with Gasteiger partial charge in [-0.15, -0.1) is 0 Å². The number of fused-ring (bicyclic) bond motifs is 2. The predicted molar refractivity (Wildman–Crippen MR) is 162 cm³/mol. The normalized spacial score (nSPS) is 19.8. The van der Waals surface area contributed by atoms with Crippen molar-refractivity contribution >= 4 is 34.2 Å². The Kier molecular flexibility index (Phi) is 7.22. The number of carbonyl (C=O) groups excluding carboxylic acids is 1. The van der Waals surface area contributed by atoms with E-state index in [2.05, 4.69) is 21.7 Å². The number of oxazole rings is 1. The molecular formula is C33H35N5O5. The molecule has 222 valence electrons. The van der Waals surface area contributed by atoms with Crippen molar-refractivity contribution in [3.63, 3.8) is 0 Å². The monoisotopic (exact) mass is 581 g/mol. The molecule has 10 heteroatoms. The molecule has 0 spiro atoms. The Morgan fingerprint density at radius 1 is 1.02 bits per heavy atom. The molecular weight excluding hydrogens is 546 g/mol. The van der Waals surface area contributed by atoms with Gasteiger partial charge in [-0.05, 0) is 86.4 Å². The van der Waals surface area contributed by atoms with Gasteiger partial charge < -0.3 is 29.6 Å². The largest absolute Gasteiger partial charge is 0.495 e. The SMILES string of the molecule is COc1cc(C(=O)N[C@@H]2CCC[C@@H]2O)ccc1Nc1nc2c(c(OC3CCCC3)n1)C(c1ccc3nc(C)oc3c1)=CC2. The number of amides is 1. The lowest BCUT2D eigenvalue weighted by Crippen LogP contribution is -2.39. The summed E-state index contributed by atoms with van der Waals surface area (Å²) in [6.07, 6.45) is 9.06. The van der Waals surface area contributed by atoms with Crippen molar-refractivity contribution in [2.45, 2.75) is 76.5 Å². The van der Waals surface area contributed by atoms with Crippen LogP contribution in [0.1, 0.15) is 78.0 Å². The molecule has 0 unspecified atom stereocenters. The molecule has 0 saturated heterocycles. The van der Waals surface area contributed by atoms with Crippen LogP contribution in [0.5, 0.6) is 11.6 Å². The average molecular weight is 582 g/mol. The van der Waals surface area contributed by atoms with E-state index in [1.165, 1.54) is 0 Å². The number of aliphatic hydroxyl groups is 1. The first-order valence-corrected chi connectivity index (χ1v) is 15.0. The van der Waals surface area contributed by atoms with Crippen LogP contribution in [-0.2, 0) is 6.42 Å². The molecule has 0 aliphatic heterocycles. The lowest BCUT2D eigenvalue weighted by molar-refractivity contribution is 0.0873. The number of hydrogen-bond acceptors (Lipinski definition) is 9. The third kappa shape index (κ3) is 5.43. The highest BCUT2D eigenvalue weighted by atomic mass is 16.5.